The SMILES string of the molecule is C=C1[C@H]2CC3C4N5C[C@]6(C)CCC[C@]47[C@H](C2=O)[C@]3(C[C@H]5[C@H]67)[C@@H]1O. The molecule has 3 aliphatic heterocycles. The molecular weight excluding hydrogens is 286 g/mol. The summed E-state index contributed by atoms with van der Waals surface area (Å²) in [6, 6.07) is 1.24. The van der Waals surface area contributed by atoms with Gasteiger partial charge in [0.2, 0.25) is 0 Å². The standard InChI is InChI=1S/C20H25NO2/c1-9-10-6-11-16-19-5-3-4-18(2)8-21(16)12(14(18)19)7-20(11,17(9)23)15(19)13(10)22/h10-12,14-17,23H,1,3-8H2,2H3/t10-,11?,12+,14-,15+,16?,17-,18+,19+,20-/m1/s1. The Bertz CT molecular complexity index is 716. The maximum absolute atomic E-state index is 13.5. The van der Waals surface area contributed by atoms with Crippen molar-refractivity contribution in [1.82, 2.24) is 4.90 Å². The predicted octanol–water partition coefficient (Wildman–Crippen LogP) is 2.00. The van der Waals surface area contributed by atoms with Crippen molar-refractivity contribution >= 4 is 5.78 Å². The van der Waals surface area contributed by atoms with Gasteiger partial charge < -0.3 is 5.11 Å². The summed E-state index contributed by atoms with van der Waals surface area (Å²) in [5.41, 5.74) is 1.38. The Morgan fingerprint density at radius 2 is 2.13 bits per heavy atom. The van der Waals surface area contributed by atoms with Crippen molar-refractivity contribution in [1.29, 1.82) is 0 Å². The number of carbonyl (C=O) groups excluding carboxylic acids is 1. The minimum atomic E-state index is -0.410. The molecular formula is C20H25NO2. The molecule has 3 unspecified atom stereocenters. The number of aliphatic hydroxyl groups excluding tert-OH is 1. The van der Waals surface area contributed by atoms with E-state index in [9.17, 15) is 9.90 Å². The summed E-state index contributed by atoms with van der Waals surface area (Å²) in [4.78, 5) is 16.3. The Kier molecular flexibility index (Phi) is 1.71. The van der Waals surface area contributed by atoms with Crippen LogP contribution in [0.15, 0.2) is 12.2 Å². The molecule has 6 saturated carbocycles. The number of aliphatic hydroxyl groups is 1. The predicted molar refractivity (Wildman–Crippen MR) is 84.5 cm³/mol. The highest BCUT2D eigenvalue weighted by atomic mass is 16.3. The second-order valence-electron chi connectivity index (χ2n) is 10.3. The molecule has 23 heavy (non-hydrogen) atoms. The molecule has 0 amide bonds. The van der Waals surface area contributed by atoms with Crippen LogP contribution in [0.25, 0.3) is 0 Å². The lowest BCUT2D eigenvalue weighted by Gasteiger charge is -2.63. The first-order chi connectivity index (χ1) is 11.0. The topological polar surface area (TPSA) is 40.5 Å². The van der Waals surface area contributed by atoms with Gasteiger partial charge in [-0.05, 0) is 48.5 Å². The zero-order valence-corrected chi connectivity index (χ0v) is 13.8. The normalized spacial score (nSPS) is 72.4. The highest BCUT2D eigenvalue weighted by molar-refractivity contribution is 5.92. The first-order valence-corrected chi connectivity index (χ1v) is 9.63. The zero-order valence-electron chi connectivity index (χ0n) is 13.8. The van der Waals surface area contributed by atoms with E-state index in [0.29, 0.717) is 29.2 Å². The molecule has 9 rings (SSSR count). The first kappa shape index (κ1) is 12.7. The lowest BCUT2D eigenvalue weighted by atomic mass is 9.40. The molecule has 122 valence electrons. The van der Waals surface area contributed by atoms with E-state index in [-0.39, 0.29) is 22.7 Å². The van der Waals surface area contributed by atoms with Crippen molar-refractivity contribution in [2.24, 2.45) is 39.9 Å². The van der Waals surface area contributed by atoms with Gasteiger partial charge in [-0.1, -0.05) is 19.9 Å². The lowest BCUT2D eigenvalue weighted by Crippen LogP contribution is -2.67. The Morgan fingerprint density at radius 3 is 2.96 bits per heavy atom. The first-order valence-electron chi connectivity index (χ1n) is 9.63. The fourth-order valence-electron chi connectivity index (χ4n) is 10.2. The van der Waals surface area contributed by atoms with E-state index in [1.165, 1.54) is 25.8 Å². The van der Waals surface area contributed by atoms with E-state index >= 15 is 0 Å². The highest BCUT2D eigenvalue weighted by Gasteiger charge is 2.89. The third-order valence-electron chi connectivity index (χ3n) is 10.1. The third-order valence-corrected chi connectivity index (χ3v) is 10.1. The van der Waals surface area contributed by atoms with Crippen LogP contribution in [-0.4, -0.2) is 40.5 Å². The fourth-order valence-corrected chi connectivity index (χ4v) is 10.2. The number of hydrogen-bond acceptors (Lipinski definition) is 3. The second kappa shape index (κ2) is 3.10. The van der Waals surface area contributed by atoms with Gasteiger partial charge in [0.05, 0.1) is 6.10 Å². The van der Waals surface area contributed by atoms with Crippen molar-refractivity contribution in [3.8, 4) is 0 Å². The molecule has 6 aliphatic carbocycles. The summed E-state index contributed by atoms with van der Waals surface area (Å²) < 4.78 is 0. The zero-order chi connectivity index (χ0) is 15.5. The van der Waals surface area contributed by atoms with Crippen LogP contribution in [0.2, 0.25) is 0 Å². The maximum Gasteiger partial charge on any atom is 0.144 e. The largest absolute Gasteiger partial charge is 0.388 e. The van der Waals surface area contributed by atoms with Gasteiger partial charge in [-0.3, -0.25) is 9.69 Å². The van der Waals surface area contributed by atoms with Crippen molar-refractivity contribution in [2.45, 2.75) is 57.2 Å². The van der Waals surface area contributed by atoms with Gasteiger partial charge in [0, 0.05) is 41.3 Å². The number of fused-ring (bicyclic) bond motifs is 1. The molecule has 11 atom stereocenters. The van der Waals surface area contributed by atoms with Gasteiger partial charge in [0.25, 0.3) is 0 Å². The Labute approximate surface area is 137 Å². The number of Topliss-reactive ketones (excluding diaryl/α,β-unsaturated/α-hetero) is 1. The molecule has 0 aromatic heterocycles. The van der Waals surface area contributed by atoms with Gasteiger partial charge in [-0.15, -0.1) is 0 Å². The second-order valence-corrected chi connectivity index (χ2v) is 10.3. The minimum Gasteiger partial charge on any atom is -0.388 e. The van der Waals surface area contributed by atoms with E-state index in [2.05, 4.69) is 18.4 Å². The van der Waals surface area contributed by atoms with E-state index in [1.807, 2.05) is 0 Å². The Morgan fingerprint density at radius 1 is 1.30 bits per heavy atom. The molecule has 0 aromatic rings. The van der Waals surface area contributed by atoms with Crippen LogP contribution in [0.5, 0.6) is 0 Å². The van der Waals surface area contributed by atoms with Gasteiger partial charge in [0.15, 0.2) is 0 Å². The number of piperidine rings is 2. The van der Waals surface area contributed by atoms with Crippen molar-refractivity contribution in [3.63, 3.8) is 0 Å². The number of nitrogens with zero attached hydrogens (tertiary/aromatic N) is 1. The van der Waals surface area contributed by atoms with Crippen LogP contribution in [0.1, 0.15) is 39.0 Å². The molecule has 3 nitrogen and oxygen atoms in total. The number of rotatable bonds is 0. The summed E-state index contributed by atoms with van der Waals surface area (Å²) in [6.07, 6.45) is 5.53. The van der Waals surface area contributed by atoms with E-state index in [0.717, 1.165) is 24.3 Å². The Balaban J connectivity index is 1.56. The van der Waals surface area contributed by atoms with Gasteiger partial charge in [-0.25, -0.2) is 0 Å². The summed E-state index contributed by atoms with van der Waals surface area (Å²) in [7, 11) is 0. The molecule has 3 heteroatoms. The summed E-state index contributed by atoms with van der Waals surface area (Å²) >= 11 is 0. The van der Waals surface area contributed by atoms with Gasteiger partial charge >= 0.3 is 0 Å². The number of carbonyl (C=O) groups is 1. The summed E-state index contributed by atoms with van der Waals surface area (Å²) in [5, 5.41) is 11.2. The maximum atomic E-state index is 13.5. The summed E-state index contributed by atoms with van der Waals surface area (Å²) in [5.74, 6) is 1.87. The molecule has 9 aliphatic rings. The van der Waals surface area contributed by atoms with Crippen molar-refractivity contribution in [2.75, 3.05) is 6.54 Å². The minimum absolute atomic E-state index is 0.0350. The van der Waals surface area contributed by atoms with Crippen LogP contribution >= 0.6 is 0 Å². The number of hydrogen-bond donors (Lipinski definition) is 1. The van der Waals surface area contributed by atoms with Crippen LogP contribution in [-0.2, 0) is 4.79 Å². The van der Waals surface area contributed by atoms with E-state index in [4.69, 9.17) is 0 Å². The average molecular weight is 311 g/mol. The molecule has 1 N–H and O–H groups in total. The molecule has 3 heterocycles. The van der Waals surface area contributed by atoms with Crippen LogP contribution in [0.3, 0.4) is 0 Å². The molecule has 9 fully saturated rings. The van der Waals surface area contributed by atoms with Crippen LogP contribution < -0.4 is 0 Å². The fraction of sp³-hybridized carbons (Fsp3) is 0.850. The van der Waals surface area contributed by atoms with Crippen LogP contribution in [0.4, 0.5) is 0 Å². The van der Waals surface area contributed by atoms with E-state index < -0.39 is 6.10 Å². The Hall–Kier alpha value is -0.670. The lowest BCUT2D eigenvalue weighted by molar-refractivity contribution is -0.179. The van der Waals surface area contributed by atoms with E-state index in [1.54, 1.807) is 0 Å². The van der Waals surface area contributed by atoms with Crippen LogP contribution in [0, 0.1) is 39.9 Å². The summed E-state index contributed by atoms with van der Waals surface area (Å²) in [6.45, 7) is 7.92. The number of ketones is 1. The highest BCUT2D eigenvalue weighted by Crippen LogP contribution is 2.86. The molecule has 2 spiro atoms. The van der Waals surface area contributed by atoms with Crippen molar-refractivity contribution < 1.29 is 9.90 Å². The third kappa shape index (κ3) is 0.877. The quantitative estimate of drug-likeness (QED) is 0.696. The molecule has 0 aromatic carbocycles. The monoisotopic (exact) mass is 311 g/mol. The van der Waals surface area contributed by atoms with Gasteiger partial charge in [-0.2, -0.15) is 0 Å². The van der Waals surface area contributed by atoms with Gasteiger partial charge in [0.1, 0.15) is 5.78 Å². The van der Waals surface area contributed by atoms with Crippen molar-refractivity contribution in [3.05, 3.63) is 12.2 Å². The average Bonchev–Trinajstić information content (AvgIpc) is 2.93. The molecule has 3 saturated heterocycles. The smallest absolute Gasteiger partial charge is 0.144 e. The molecule has 9 bridgehead atoms. The molecule has 0 radical (unpaired) electrons.